The Balaban J connectivity index is 1.53. The fourth-order valence-electron chi connectivity index (χ4n) is 2.61. The first-order valence-corrected chi connectivity index (χ1v) is 8.13. The Labute approximate surface area is 137 Å². The molecule has 0 spiro atoms. The van der Waals surface area contributed by atoms with E-state index in [1.165, 1.54) is 11.1 Å². The molecule has 0 atom stereocenters. The number of aryl methyl sites for hydroxylation is 2. The first-order chi connectivity index (χ1) is 11.2. The van der Waals surface area contributed by atoms with Crippen molar-refractivity contribution in [3.8, 4) is 0 Å². The van der Waals surface area contributed by atoms with Gasteiger partial charge in [0, 0.05) is 26.2 Å². The summed E-state index contributed by atoms with van der Waals surface area (Å²) in [5.74, 6) is 0.825. The van der Waals surface area contributed by atoms with Crippen LogP contribution in [-0.4, -0.2) is 41.4 Å². The Hall–Kier alpha value is -1.98. The fourth-order valence-corrected chi connectivity index (χ4v) is 2.61. The monoisotopic (exact) mass is 312 g/mol. The molecular formula is C18H24N4O. The number of morpholine rings is 1. The smallest absolute Gasteiger partial charge is 0.149 e. The van der Waals surface area contributed by atoms with Gasteiger partial charge in [-0.25, -0.2) is 0 Å². The zero-order chi connectivity index (χ0) is 16.1. The molecule has 0 bridgehead atoms. The molecule has 2 aromatic rings. The molecule has 0 unspecified atom stereocenters. The van der Waals surface area contributed by atoms with Crippen LogP contribution in [0.5, 0.6) is 0 Å². The topological polar surface area (TPSA) is 50.3 Å². The van der Waals surface area contributed by atoms with Crippen LogP contribution in [-0.2, 0) is 17.8 Å². The van der Waals surface area contributed by atoms with Crippen LogP contribution in [0.15, 0.2) is 30.3 Å². The summed E-state index contributed by atoms with van der Waals surface area (Å²) in [4.78, 5) is 2.43. The highest BCUT2D eigenvalue weighted by Crippen LogP contribution is 2.12. The maximum atomic E-state index is 5.39. The number of aromatic nitrogens is 2. The van der Waals surface area contributed by atoms with Crippen LogP contribution in [0.25, 0.3) is 0 Å². The second-order valence-corrected chi connectivity index (χ2v) is 6.06. The summed E-state index contributed by atoms with van der Waals surface area (Å²) in [6.45, 7) is 9.52. The quantitative estimate of drug-likeness (QED) is 0.919. The molecule has 1 saturated heterocycles. The zero-order valence-electron chi connectivity index (χ0n) is 13.9. The van der Waals surface area contributed by atoms with E-state index in [1.807, 2.05) is 13.0 Å². The van der Waals surface area contributed by atoms with Gasteiger partial charge in [0.15, 0.2) is 0 Å². The van der Waals surface area contributed by atoms with Gasteiger partial charge in [-0.3, -0.25) is 4.90 Å². The minimum Gasteiger partial charge on any atom is -0.379 e. The second kappa shape index (κ2) is 7.53. The number of benzene rings is 1. The molecule has 0 amide bonds. The summed E-state index contributed by atoms with van der Waals surface area (Å²) >= 11 is 0. The van der Waals surface area contributed by atoms with Crippen molar-refractivity contribution >= 4 is 5.82 Å². The largest absolute Gasteiger partial charge is 0.379 e. The van der Waals surface area contributed by atoms with Crippen LogP contribution in [0.3, 0.4) is 0 Å². The lowest BCUT2D eigenvalue weighted by Crippen LogP contribution is -2.35. The molecule has 2 heterocycles. The third-order valence-electron chi connectivity index (χ3n) is 4.24. The molecule has 1 aliphatic heterocycles. The van der Waals surface area contributed by atoms with Crippen molar-refractivity contribution in [2.75, 3.05) is 31.6 Å². The molecule has 1 aromatic carbocycles. The van der Waals surface area contributed by atoms with Crippen molar-refractivity contribution in [2.24, 2.45) is 0 Å². The third kappa shape index (κ3) is 4.50. The predicted octanol–water partition coefficient (Wildman–Crippen LogP) is 2.54. The molecule has 5 nitrogen and oxygen atoms in total. The standard InChI is InChI=1S/C18H24N4O/c1-14-11-18(21-20-15(14)2)19-12-16-3-5-17(6-4-16)13-22-7-9-23-10-8-22/h3-6,11H,7-10,12-13H2,1-2H3,(H,19,21). The van der Waals surface area contributed by atoms with Crippen molar-refractivity contribution in [3.05, 3.63) is 52.7 Å². The summed E-state index contributed by atoms with van der Waals surface area (Å²) in [5, 5.41) is 11.6. The van der Waals surface area contributed by atoms with E-state index < -0.39 is 0 Å². The normalized spacial score (nSPS) is 15.6. The number of nitrogens with zero attached hydrogens (tertiary/aromatic N) is 3. The summed E-state index contributed by atoms with van der Waals surface area (Å²) in [6, 6.07) is 10.8. The van der Waals surface area contributed by atoms with E-state index in [0.717, 1.165) is 56.5 Å². The average molecular weight is 312 g/mol. The van der Waals surface area contributed by atoms with E-state index in [-0.39, 0.29) is 0 Å². The Bertz CT molecular complexity index is 636. The molecule has 1 fully saturated rings. The molecule has 1 aliphatic rings. The number of ether oxygens (including phenoxy) is 1. The van der Waals surface area contributed by atoms with Gasteiger partial charge in [-0.15, -0.1) is 5.10 Å². The molecular weight excluding hydrogens is 288 g/mol. The zero-order valence-corrected chi connectivity index (χ0v) is 13.9. The van der Waals surface area contributed by atoms with Crippen LogP contribution >= 0.6 is 0 Å². The van der Waals surface area contributed by atoms with Gasteiger partial charge in [-0.2, -0.15) is 5.10 Å². The van der Waals surface area contributed by atoms with Crippen LogP contribution in [0.1, 0.15) is 22.4 Å². The highest BCUT2D eigenvalue weighted by Gasteiger charge is 2.10. The molecule has 1 N–H and O–H groups in total. The number of nitrogens with one attached hydrogen (secondary N) is 1. The van der Waals surface area contributed by atoms with E-state index in [1.54, 1.807) is 0 Å². The molecule has 5 heteroatoms. The minimum absolute atomic E-state index is 0.759. The first-order valence-electron chi connectivity index (χ1n) is 8.13. The SMILES string of the molecule is Cc1cc(NCc2ccc(CN3CCOCC3)cc2)nnc1C. The number of anilines is 1. The molecule has 0 aliphatic carbocycles. The molecule has 0 radical (unpaired) electrons. The minimum atomic E-state index is 0.759. The van der Waals surface area contributed by atoms with Gasteiger partial charge >= 0.3 is 0 Å². The Morgan fingerprint density at radius 1 is 1.04 bits per heavy atom. The number of hydrogen-bond donors (Lipinski definition) is 1. The summed E-state index contributed by atoms with van der Waals surface area (Å²) in [7, 11) is 0. The van der Waals surface area contributed by atoms with E-state index >= 15 is 0 Å². The van der Waals surface area contributed by atoms with Crippen molar-refractivity contribution in [3.63, 3.8) is 0 Å². The van der Waals surface area contributed by atoms with Crippen molar-refractivity contribution in [1.29, 1.82) is 0 Å². The van der Waals surface area contributed by atoms with Crippen LogP contribution in [0, 0.1) is 13.8 Å². The highest BCUT2D eigenvalue weighted by molar-refractivity contribution is 5.38. The van der Waals surface area contributed by atoms with Gasteiger partial charge in [0.1, 0.15) is 5.82 Å². The molecule has 122 valence electrons. The summed E-state index contributed by atoms with van der Waals surface area (Å²) in [5.41, 5.74) is 4.73. The summed E-state index contributed by atoms with van der Waals surface area (Å²) in [6.07, 6.45) is 0. The van der Waals surface area contributed by atoms with Crippen LogP contribution < -0.4 is 5.32 Å². The van der Waals surface area contributed by atoms with E-state index in [0.29, 0.717) is 0 Å². The van der Waals surface area contributed by atoms with Gasteiger partial charge in [-0.1, -0.05) is 24.3 Å². The van der Waals surface area contributed by atoms with Gasteiger partial charge in [0.2, 0.25) is 0 Å². The van der Waals surface area contributed by atoms with Gasteiger partial charge in [0.05, 0.1) is 18.9 Å². The third-order valence-corrected chi connectivity index (χ3v) is 4.24. The lowest BCUT2D eigenvalue weighted by molar-refractivity contribution is 0.0342. The van der Waals surface area contributed by atoms with Gasteiger partial charge in [-0.05, 0) is 36.6 Å². The lowest BCUT2D eigenvalue weighted by Gasteiger charge is -2.26. The molecule has 0 saturated carbocycles. The van der Waals surface area contributed by atoms with Crippen LogP contribution in [0.4, 0.5) is 5.82 Å². The summed E-state index contributed by atoms with van der Waals surface area (Å²) < 4.78 is 5.39. The second-order valence-electron chi connectivity index (χ2n) is 6.06. The van der Waals surface area contributed by atoms with Crippen molar-refractivity contribution < 1.29 is 4.74 Å². The maximum Gasteiger partial charge on any atom is 0.149 e. The Kier molecular flexibility index (Phi) is 5.20. The van der Waals surface area contributed by atoms with E-state index in [4.69, 9.17) is 4.74 Å². The van der Waals surface area contributed by atoms with Gasteiger partial charge < -0.3 is 10.1 Å². The van der Waals surface area contributed by atoms with Crippen molar-refractivity contribution in [2.45, 2.75) is 26.9 Å². The van der Waals surface area contributed by atoms with Gasteiger partial charge in [0.25, 0.3) is 0 Å². The Morgan fingerprint density at radius 2 is 1.74 bits per heavy atom. The highest BCUT2D eigenvalue weighted by atomic mass is 16.5. The maximum absolute atomic E-state index is 5.39. The average Bonchev–Trinajstić information content (AvgIpc) is 2.58. The Morgan fingerprint density at radius 3 is 2.43 bits per heavy atom. The van der Waals surface area contributed by atoms with Crippen LogP contribution in [0.2, 0.25) is 0 Å². The van der Waals surface area contributed by atoms with Crippen molar-refractivity contribution in [1.82, 2.24) is 15.1 Å². The molecule has 3 rings (SSSR count). The van der Waals surface area contributed by atoms with E-state index in [9.17, 15) is 0 Å². The predicted molar refractivity (Wildman–Crippen MR) is 91.4 cm³/mol. The molecule has 1 aromatic heterocycles. The fraction of sp³-hybridized carbons (Fsp3) is 0.444. The number of rotatable bonds is 5. The molecule has 23 heavy (non-hydrogen) atoms. The first kappa shape index (κ1) is 15.9. The van der Waals surface area contributed by atoms with E-state index in [2.05, 4.69) is 51.6 Å². The lowest BCUT2D eigenvalue weighted by atomic mass is 10.1. The number of hydrogen-bond acceptors (Lipinski definition) is 5.